The van der Waals surface area contributed by atoms with Crippen molar-refractivity contribution in [2.45, 2.75) is 39.2 Å². The Labute approximate surface area is 237 Å². The lowest BCUT2D eigenvalue weighted by Gasteiger charge is -2.43. The number of fused-ring (bicyclic) bond motifs is 1. The van der Waals surface area contributed by atoms with Crippen molar-refractivity contribution in [3.8, 4) is 11.8 Å². The Kier molecular flexibility index (Phi) is 7.53. The lowest BCUT2D eigenvalue weighted by atomic mass is 9.68. The Morgan fingerprint density at radius 1 is 1.13 bits per heavy atom. The van der Waals surface area contributed by atoms with Gasteiger partial charge in [0.1, 0.15) is 18.2 Å². The van der Waals surface area contributed by atoms with Gasteiger partial charge in [0.2, 0.25) is 0 Å². The van der Waals surface area contributed by atoms with Crippen LogP contribution in [0.2, 0.25) is 0 Å². The van der Waals surface area contributed by atoms with Gasteiger partial charge in [-0.15, -0.1) is 0 Å². The zero-order valence-corrected chi connectivity index (χ0v) is 24.0. The molecule has 0 radical (unpaired) electrons. The van der Waals surface area contributed by atoms with Crippen molar-refractivity contribution in [1.82, 2.24) is 4.90 Å². The van der Waals surface area contributed by atoms with Crippen LogP contribution < -0.4 is 10.5 Å². The smallest absolute Gasteiger partial charge is 0.162 e. The maximum Gasteiger partial charge on any atom is 0.162 e. The van der Waals surface area contributed by atoms with Gasteiger partial charge in [0.05, 0.1) is 28.6 Å². The fourth-order valence-electron chi connectivity index (χ4n) is 5.73. The molecule has 1 heterocycles. The topological polar surface area (TPSA) is 88.6 Å². The zero-order chi connectivity index (χ0) is 27.7. The first kappa shape index (κ1) is 27.0. The summed E-state index contributed by atoms with van der Waals surface area (Å²) >= 11 is 3.68. The number of carbonyl (C=O) groups excluding carboxylic acids is 1. The highest BCUT2D eigenvalue weighted by atomic mass is 79.9. The van der Waals surface area contributed by atoms with Crippen molar-refractivity contribution in [2.75, 3.05) is 20.3 Å². The van der Waals surface area contributed by atoms with E-state index >= 15 is 0 Å². The van der Waals surface area contributed by atoms with E-state index in [1.165, 1.54) is 5.39 Å². The van der Waals surface area contributed by atoms with Crippen LogP contribution in [-0.2, 0) is 16.1 Å². The molecule has 0 unspecified atom stereocenters. The van der Waals surface area contributed by atoms with Crippen LogP contribution in [0.3, 0.4) is 0 Å². The first-order valence-corrected chi connectivity index (χ1v) is 13.8. The second-order valence-electron chi connectivity index (χ2n) is 10.9. The van der Waals surface area contributed by atoms with Crippen LogP contribution in [0.5, 0.6) is 5.75 Å². The Morgan fingerprint density at radius 3 is 2.64 bits per heavy atom. The predicted octanol–water partition coefficient (Wildman–Crippen LogP) is 6.56. The van der Waals surface area contributed by atoms with Gasteiger partial charge in [0.15, 0.2) is 5.78 Å². The molecule has 0 aromatic heterocycles. The first-order valence-electron chi connectivity index (χ1n) is 13.1. The number of ether oxygens (including phenoxy) is 2. The number of benzene rings is 3. The van der Waals surface area contributed by atoms with Crippen molar-refractivity contribution in [1.29, 1.82) is 5.26 Å². The molecule has 0 saturated carbocycles. The van der Waals surface area contributed by atoms with Crippen LogP contribution in [0.4, 0.5) is 0 Å². The third-order valence-electron chi connectivity index (χ3n) is 7.56. The van der Waals surface area contributed by atoms with Gasteiger partial charge in [-0.1, -0.05) is 62.4 Å². The Hall–Kier alpha value is -3.60. The second-order valence-corrected chi connectivity index (χ2v) is 11.8. The number of hydrogen-bond acceptors (Lipinski definition) is 6. The fraction of sp³-hybridized carbons (Fsp3) is 0.312. The molecule has 6 nitrogen and oxygen atoms in total. The molecular formula is C32H32BrN3O3. The average Bonchev–Trinajstić information content (AvgIpc) is 2.91. The van der Waals surface area contributed by atoms with Gasteiger partial charge < -0.3 is 20.1 Å². The van der Waals surface area contributed by atoms with E-state index in [1.807, 2.05) is 41.3 Å². The predicted molar refractivity (Wildman–Crippen MR) is 156 cm³/mol. The number of Topliss-reactive ketones (excluding diaryl/α,β-unsaturated/α-hetero) is 1. The van der Waals surface area contributed by atoms with Gasteiger partial charge in [-0.05, 0) is 61.8 Å². The largest absolute Gasteiger partial charge is 0.488 e. The summed E-state index contributed by atoms with van der Waals surface area (Å²) in [5.74, 6) is 0.596. The van der Waals surface area contributed by atoms with Gasteiger partial charge in [-0.25, -0.2) is 0 Å². The quantitative estimate of drug-likeness (QED) is 0.337. The molecule has 3 aromatic carbocycles. The van der Waals surface area contributed by atoms with Crippen molar-refractivity contribution < 1.29 is 14.3 Å². The number of nitrogens with two attached hydrogens (primary N) is 1. The van der Waals surface area contributed by atoms with Crippen molar-refractivity contribution >= 4 is 32.5 Å². The monoisotopic (exact) mass is 585 g/mol. The molecule has 7 heteroatoms. The van der Waals surface area contributed by atoms with Gasteiger partial charge >= 0.3 is 0 Å². The highest BCUT2D eigenvalue weighted by molar-refractivity contribution is 9.10. The second kappa shape index (κ2) is 10.9. The van der Waals surface area contributed by atoms with Gasteiger partial charge in [-0.3, -0.25) is 4.79 Å². The van der Waals surface area contributed by atoms with Crippen molar-refractivity contribution in [3.05, 3.63) is 98.9 Å². The zero-order valence-electron chi connectivity index (χ0n) is 22.5. The van der Waals surface area contributed by atoms with Crippen LogP contribution in [0.1, 0.15) is 43.7 Å². The lowest BCUT2D eigenvalue weighted by molar-refractivity contribution is -0.118. The number of ketones is 1. The molecule has 3 aromatic rings. The van der Waals surface area contributed by atoms with Crippen LogP contribution in [0, 0.1) is 16.7 Å². The van der Waals surface area contributed by atoms with Crippen molar-refractivity contribution in [3.63, 3.8) is 0 Å². The van der Waals surface area contributed by atoms with Crippen LogP contribution in [-0.4, -0.2) is 30.9 Å². The number of hydrogen-bond donors (Lipinski definition) is 1. The number of nitriles is 1. The molecule has 0 amide bonds. The van der Waals surface area contributed by atoms with E-state index in [2.05, 4.69) is 60.1 Å². The molecule has 200 valence electrons. The number of halogens is 1. The highest BCUT2D eigenvalue weighted by Crippen LogP contribution is 2.49. The normalized spacial score (nSPS) is 18.8. The Bertz CT molecular complexity index is 1540. The standard InChI is InChI=1S/C32H32BrN3O3/c1-32(2)16-26-30(27(37)17-32)29(24(18-34)31(35)36(26)13-14-38-3)21-11-12-28(25(33)15-21)39-19-22-9-6-8-20-7-4-5-10-23(20)22/h4-12,15,29H,13-14,16-17,19,35H2,1-3H3/t29-/m1/s1. The summed E-state index contributed by atoms with van der Waals surface area (Å²) in [6.45, 7) is 5.51. The van der Waals surface area contributed by atoms with E-state index in [4.69, 9.17) is 15.2 Å². The minimum Gasteiger partial charge on any atom is -0.488 e. The number of methoxy groups -OCH3 is 1. The first-order chi connectivity index (χ1) is 18.7. The fourth-order valence-corrected chi connectivity index (χ4v) is 6.24. The van der Waals surface area contributed by atoms with Crippen LogP contribution in [0.25, 0.3) is 10.8 Å². The molecule has 1 aliphatic heterocycles. The van der Waals surface area contributed by atoms with E-state index < -0.39 is 5.92 Å². The highest BCUT2D eigenvalue weighted by Gasteiger charge is 2.44. The Balaban J connectivity index is 1.50. The molecule has 0 bridgehead atoms. The maximum absolute atomic E-state index is 13.6. The van der Waals surface area contributed by atoms with E-state index in [9.17, 15) is 10.1 Å². The molecule has 39 heavy (non-hydrogen) atoms. The summed E-state index contributed by atoms with van der Waals surface area (Å²) in [5, 5.41) is 12.5. The molecule has 1 atom stereocenters. The summed E-state index contributed by atoms with van der Waals surface area (Å²) in [6.07, 6.45) is 1.12. The van der Waals surface area contributed by atoms with Crippen LogP contribution >= 0.6 is 15.9 Å². The third-order valence-corrected chi connectivity index (χ3v) is 8.18. The van der Waals surface area contributed by atoms with E-state index in [0.717, 1.165) is 26.7 Å². The number of carbonyl (C=O) groups is 1. The van der Waals surface area contributed by atoms with Gasteiger partial charge in [-0.2, -0.15) is 5.26 Å². The van der Waals surface area contributed by atoms with E-state index in [0.29, 0.717) is 55.3 Å². The SMILES string of the molecule is COCCN1C(N)=C(C#N)[C@@H](c2ccc(OCc3cccc4ccccc34)c(Br)c2)C2=C1CC(C)(C)CC2=O. The molecule has 0 spiro atoms. The summed E-state index contributed by atoms with van der Waals surface area (Å²) in [7, 11) is 1.63. The summed E-state index contributed by atoms with van der Waals surface area (Å²) in [6, 6.07) is 22.5. The number of rotatable bonds is 7. The molecule has 0 saturated heterocycles. The summed E-state index contributed by atoms with van der Waals surface area (Å²) in [5.41, 5.74) is 10.3. The molecule has 1 aliphatic carbocycles. The minimum absolute atomic E-state index is 0.0568. The molecule has 2 aliphatic rings. The number of allylic oxidation sites excluding steroid dienone is 3. The van der Waals surface area contributed by atoms with Crippen LogP contribution in [0.15, 0.2) is 87.8 Å². The average molecular weight is 587 g/mol. The third kappa shape index (κ3) is 5.19. The minimum atomic E-state index is -0.532. The van der Waals surface area contributed by atoms with E-state index in [1.54, 1.807) is 7.11 Å². The molecule has 0 fully saturated rings. The Morgan fingerprint density at radius 2 is 1.90 bits per heavy atom. The maximum atomic E-state index is 13.6. The molecule has 5 rings (SSSR count). The van der Waals surface area contributed by atoms with Gasteiger partial charge in [0.25, 0.3) is 0 Å². The summed E-state index contributed by atoms with van der Waals surface area (Å²) < 4.78 is 12.3. The number of nitrogens with zero attached hydrogens (tertiary/aromatic N) is 2. The molecular weight excluding hydrogens is 554 g/mol. The van der Waals surface area contributed by atoms with Crippen molar-refractivity contribution in [2.24, 2.45) is 11.1 Å². The molecule has 2 N–H and O–H groups in total. The van der Waals surface area contributed by atoms with E-state index in [-0.39, 0.29) is 11.2 Å². The van der Waals surface area contributed by atoms with Gasteiger partial charge in [0, 0.05) is 31.3 Å². The summed E-state index contributed by atoms with van der Waals surface area (Å²) in [4.78, 5) is 15.5. The lowest BCUT2D eigenvalue weighted by Crippen LogP contribution is -2.43.